The van der Waals surface area contributed by atoms with Crippen molar-refractivity contribution in [3.05, 3.63) is 71.3 Å². The van der Waals surface area contributed by atoms with Crippen LogP contribution in [0.5, 0.6) is 0 Å². The molecule has 3 nitrogen and oxygen atoms in total. The van der Waals surface area contributed by atoms with Gasteiger partial charge in [0.1, 0.15) is 6.04 Å². The molecule has 3 heteroatoms. The maximum Gasteiger partial charge on any atom is 0.242 e. The Morgan fingerprint density at radius 1 is 0.963 bits per heavy atom. The summed E-state index contributed by atoms with van der Waals surface area (Å²) in [5, 5.41) is 3.24. The lowest BCUT2D eigenvalue weighted by molar-refractivity contribution is -0.127. The van der Waals surface area contributed by atoms with Crippen molar-refractivity contribution in [2.75, 3.05) is 0 Å². The van der Waals surface area contributed by atoms with Gasteiger partial charge < -0.3 is 5.32 Å². The predicted molar refractivity (Wildman–Crippen MR) is 109 cm³/mol. The fourth-order valence-corrected chi connectivity index (χ4v) is 3.69. The van der Waals surface area contributed by atoms with Crippen LogP contribution in [-0.4, -0.2) is 22.9 Å². The van der Waals surface area contributed by atoms with Crippen LogP contribution in [0.2, 0.25) is 0 Å². The van der Waals surface area contributed by atoms with Crippen LogP contribution < -0.4 is 5.32 Å². The lowest BCUT2D eigenvalue weighted by atomic mass is 10.00. The Morgan fingerprint density at radius 2 is 1.63 bits per heavy atom. The molecule has 2 aromatic rings. The monoisotopic (exact) mass is 362 g/mol. The van der Waals surface area contributed by atoms with E-state index in [-0.39, 0.29) is 11.9 Å². The van der Waals surface area contributed by atoms with Crippen LogP contribution in [-0.2, 0) is 11.3 Å². The summed E-state index contributed by atoms with van der Waals surface area (Å²) >= 11 is 0. The van der Waals surface area contributed by atoms with Gasteiger partial charge in [-0.2, -0.15) is 0 Å². The van der Waals surface area contributed by atoms with E-state index in [9.17, 15) is 4.79 Å². The molecule has 142 valence electrons. The molecule has 2 aliphatic rings. The third-order valence-electron chi connectivity index (χ3n) is 5.65. The van der Waals surface area contributed by atoms with Gasteiger partial charge in [0.05, 0.1) is 0 Å². The van der Waals surface area contributed by atoms with E-state index >= 15 is 0 Å². The minimum atomic E-state index is -0.205. The van der Waals surface area contributed by atoms with Crippen LogP contribution in [0.25, 0.3) is 0 Å². The molecule has 2 aromatic carbocycles. The number of nitrogens with one attached hydrogen (secondary N) is 1. The van der Waals surface area contributed by atoms with Gasteiger partial charge in [0.2, 0.25) is 5.91 Å². The van der Waals surface area contributed by atoms with E-state index in [4.69, 9.17) is 0 Å². The Bertz CT molecular complexity index is 761. The largest absolute Gasteiger partial charge is 0.352 e. The molecule has 2 saturated carbocycles. The molecule has 0 saturated heterocycles. The molecule has 1 N–H and O–H groups in total. The van der Waals surface area contributed by atoms with Gasteiger partial charge in [0.25, 0.3) is 0 Å². The van der Waals surface area contributed by atoms with Gasteiger partial charge in [-0.15, -0.1) is 0 Å². The number of rotatable bonds is 8. The summed E-state index contributed by atoms with van der Waals surface area (Å²) < 4.78 is 0. The lowest BCUT2D eigenvalue weighted by Crippen LogP contribution is -2.42. The van der Waals surface area contributed by atoms with E-state index in [2.05, 4.69) is 60.5 Å². The minimum absolute atomic E-state index is 0.161. The van der Waals surface area contributed by atoms with Crippen LogP contribution in [0.1, 0.15) is 68.2 Å². The summed E-state index contributed by atoms with van der Waals surface area (Å²) in [5.74, 6) is 0.703. The van der Waals surface area contributed by atoms with Gasteiger partial charge in [-0.25, -0.2) is 0 Å². The van der Waals surface area contributed by atoms with Gasteiger partial charge in [-0.1, -0.05) is 68.4 Å². The van der Waals surface area contributed by atoms with Gasteiger partial charge >= 0.3 is 0 Å². The van der Waals surface area contributed by atoms with Crippen molar-refractivity contribution < 1.29 is 4.79 Å². The highest BCUT2D eigenvalue weighted by molar-refractivity contribution is 5.83. The summed E-state index contributed by atoms with van der Waals surface area (Å²) in [6.07, 6.45) is 4.61. The van der Waals surface area contributed by atoms with Crippen molar-refractivity contribution >= 4 is 5.91 Å². The average molecular weight is 363 g/mol. The van der Waals surface area contributed by atoms with Gasteiger partial charge in [-0.05, 0) is 48.3 Å². The quantitative estimate of drug-likeness (QED) is 0.732. The summed E-state index contributed by atoms with van der Waals surface area (Å²) in [7, 11) is 0. The van der Waals surface area contributed by atoms with Gasteiger partial charge in [-0.3, -0.25) is 9.69 Å². The Kier molecular flexibility index (Phi) is 5.31. The van der Waals surface area contributed by atoms with Crippen molar-refractivity contribution in [3.8, 4) is 0 Å². The van der Waals surface area contributed by atoms with Crippen molar-refractivity contribution in [2.45, 2.75) is 70.1 Å². The molecule has 0 unspecified atom stereocenters. The zero-order chi connectivity index (χ0) is 18.8. The summed E-state index contributed by atoms with van der Waals surface area (Å²) in [6, 6.07) is 19.9. The fraction of sp³-hybridized carbons (Fsp3) is 0.458. The summed E-state index contributed by atoms with van der Waals surface area (Å²) in [5.41, 5.74) is 3.75. The fourth-order valence-electron chi connectivity index (χ4n) is 3.69. The van der Waals surface area contributed by atoms with Crippen molar-refractivity contribution in [1.82, 2.24) is 10.2 Å². The van der Waals surface area contributed by atoms with E-state index in [1.807, 2.05) is 18.2 Å². The molecule has 4 rings (SSSR count). The molecule has 1 amide bonds. The number of nitrogens with zero attached hydrogens (tertiary/aromatic N) is 1. The molecular formula is C24H30N2O. The molecule has 27 heavy (non-hydrogen) atoms. The second kappa shape index (κ2) is 7.85. The van der Waals surface area contributed by atoms with Crippen LogP contribution in [0.15, 0.2) is 54.6 Å². The number of hydrogen-bond donors (Lipinski definition) is 1. The smallest absolute Gasteiger partial charge is 0.242 e. The summed E-state index contributed by atoms with van der Waals surface area (Å²) in [6.45, 7) is 5.26. The molecule has 0 spiro atoms. The van der Waals surface area contributed by atoms with Crippen LogP contribution in [0.3, 0.4) is 0 Å². The molecule has 2 fully saturated rings. The van der Waals surface area contributed by atoms with E-state index in [1.165, 1.54) is 24.0 Å². The molecule has 0 aliphatic heterocycles. The number of carbonyl (C=O) groups excluding carboxylic acids is 1. The Balaban J connectivity index is 1.59. The standard InChI is InChI=1S/C24H30N2O/c1-17(2)19-10-8-18(9-11-19)16-26(22-14-15-22)23(20-6-4-3-5-7-20)24(27)25-21-12-13-21/h3-11,17,21-23H,12-16H2,1-2H3,(H,25,27)/t23-/m1/s1. The first-order chi connectivity index (χ1) is 13.1. The molecule has 1 atom stereocenters. The zero-order valence-corrected chi connectivity index (χ0v) is 16.4. The highest BCUT2D eigenvalue weighted by atomic mass is 16.2. The van der Waals surface area contributed by atoms with E-state index in [1.54, 1.807) is 0 Å². The van der Waals surface area contributed by atoms with Crippen molar-refractivity contribution in [3.63, 3.8) is 0 Å². The minimum Gasteiger partial charge on any atom is -0.352 e. The highest BCUT2D eigenvalue weighted by Crippen LogP contribution is 2.36. The number of amides is 1. The zero-order valence-electron chi connectivity index (χ0n) is 16.4. The first kappa shape index (κ1) is 18.2. The highest BCUT2D eigenvalue weighted by Gasteiger charge is 2.39. The number of hydrogen-bond acceptors (Lipinski definition) is 2. The van der Waals surface area contributed by atoms with Gasteiger partial charge in [0, 0.05) is 18.6 Å². The third-order valence-corrected chi connectivity index (χ3v) is 5.65. The first-order valence-electron chi connectivity index (χ1n) is 10.3. The molecule has 0 aromatic heterocycles. The molecule has 0 heterocycles. The SMILES string of the molecule is CC(C)c1ccc(CN(C2CC2)[C@@H](C(=O)NC2CC2)c2ccccc2)cc1. The summed E-state index contributed by atoms with van der Waals surface area (Å²) in [4.78, 5) is 15.6. The topological polar surface area (TPSA) is 32.3 Å². The molecular weight excluding hydrogens is 332 g/mol. The van der Waals surface area contributed by atoms with Crippen LogP contribution >= 0.6 is 0 Å². The Hall–Kier alpha value is -2.13. The first-order valence-corrected chi connectivity index (χ1v) is 10.3. The molecule has 0 bridgehead atoms. The maximum absolute atomic E-state index is 13.1. The predicted octanol–water partition coefficient (Wildman–Crippen LogP) is 4.79. The van der Waals surface area contributed by atoms with Crippen LogP contribution in [0.4, 0.5) is 0 Å². The second-order valence-electron chi connectivity index (χ2n) is 8.40. The lowest BCUT2D eigenvalue weighted by Gasteiger charge is -2.31. The van der Waals surface area contributed by atoms with Gasteiger partial charge in [0.15, 0.2) is 0 Å². The molecule has 2 aliphatic carbocycles. The Morgan fingerprint density at radius 3 is 2.19 bits per heavy atom. The van der Waals surface area contributed by atoms with E-state index < -0.39 is 0 Å². The average Bonchev–Trinajstić information content (AvgIpc) is 3.57. The van der Waals surface area contributed by atoms with E-state index in [0.717, 1.165) is 24.9 Å². The number of benzene rings is 2. The van der Waals surface area contributed by atoms with Crippen molar-refractivity contribution in [1.29, 1.82) is 0 Å². The maximum atomic E-state index is 13.1. The molecule has 0 radical (unpaired) electrons. The van der Waals surface area contributed by atoms with Crippen LogP contribution in [0, 0.1) is 0 Å². The second-order valence-corrected chi connectivity index (χ2v) is 8.40. The normalized spacial score (nSPS) is 17.9. The van der Waals surface area contributed by atoms with E-state index in [0.29, 0.717) is 18.0 Å². The Labute approximate surface area is 162 Å². The van der Waals surface area contributed by atoms with Crippen molar-refractivity contribution in [2.24, 2.45) is 0 Å². The third kappa shape index (κ3) is 4.59. The number of carbonyl (C=O) groups is 1.